The van der Waals surface area contributed by atoms with Gasteiger partial charge in [0.1, 0.15) is 15.7 Å². The van der Waals surface area contributed by atoms with E-state index in [1.54, 1.807) is 30.3 Å². The molecular formula is C19H10Br2FNO4. The van der Waals surface area contributed by atoms with Gasteiger partial charge in [0, 0.05) is 9.86 Å². The van der Waals surface area contributed by atoms with E-state index in [1.807, 2.05) is 0 Å². The highest BCUT2D eigenvalue weighted by molar-refractivity contribution is 9.10. The minimum atomic E-state index is -0.778. The van der Waals surface area contributed by atoms with Crippen LogP contribution in [0.5, 0.6) is 5.75 Å². The smallest absolute Gasteiger partial charge is 0.354 e. The van der Waals surface area contributed by atoms with Crippen LogP contribution in [0.15, 0.2) is 65.4 Å². The van der Waals surface area contributed by atoms with Gasteiger partial charge in [0.05, 0.1) is 12.1 Å². The molecule has 0 spiro atoms. The maximum Gasteiger partial charge on any atom is 0.354 e. The lowest BCUT2D eigenvalue weighted by Gasteiger charge is -2.14. The van der Waals surface area contributed by atoms with Gasteiger partial charge in [0.15, 0.2) is 11.3 Å². The average Bonchev–Trinajstić information content (AvgIpc) is 2.64. The normalized spacial score (nSPS) is 11.4. The molecule has 0 amide bonds. The first-order valence-corrected chi connectivity index (χ1v) is 9.37. The first-order valence-electron chi connectivity index (χ1n) is 7.78. The van der Waals surface area contributed by atoms with Crippen LogP contribution in [-0.2, 0) is 6.54 Å². The zero-order chi connectivity index (χ0) is 19.3. The maximum absolute atomic E-state index is 13.2. The Morgan fingerprint density at radius 2 is 1.78 bits per heavy atom. The minimum absolute atomic E-state index is 0.0172. The molecule has 4 aromatic rings. The lowest BCUT2D eigenvalue weighted by atomic mass is 10.1. The molecule has 0 fully saturated rings. The van der Waals surface area contributed by atoms with Gasteiger partial charge >= 0.3 is 5.63 Å². The Morgan fingerprint density at radius 1 is 1.07 bits per heavy atom. The van der Waals surface area contributed by atoms with Gasteiger partial charge < -0.3 is 14.1 Å². The highest BCUT2D eigenvalue weighted by Gasteiger charge is 2.20. The lowest BCUT2D eigenvalue weighted by Crippen LogP contribution is -2.22. The van der Waals surface area contributed by atoms with Gasteiger partial charge in [0.2, 0.25) is 0 Å². The third-order valence-electron chi connectivity index (χ3n) is 4.25. The number of benzene rings is 2. The monoisotopic (exact) mass is 493 g/mol. The third kappa shape index (κ3) is 2.98. The summed E-state index contributed by atoms with van der Waals surface area (Å²) >= 11 is 6.33. The highest BCUT2D eigenvalue weighted by atomic mass is 79.9. The van der Waals surface area contributed by atoms with Crippen LogP contribution in [0, 0.1) is 5.82 Å². The van der Waals surface area contributed by atoms with E-state index < -0.39 is 16.9 Å². The molecule has 0 aliphatic heterocycles. The summed E-state index contributed by atoms with van der Waals surface area (Å²) in [6, 6.07) is 10.9. The summed E-state index contributed by atoms with van der Waals surface area (Å²) in [7, 11) is 0. The molecule has 0 saturated carbocycles. The van der Waals surface area contributed by atoms with E-state index in [0.29, 0.717) is 16.5 Å². The first kappa shape index (κ1) is 17.9. The molecule has 0 bridgehead atoms. The number of halogens is 3. The first-order chi connectivity index (χ1) is 12.9. The number of pyridine rings is 1. The van der Waals surface area contributed by atoms with Crippen LogP contribution in [0.4, 0.5) is 4.39 Å². The second kappa shape index (κ2) is 6.61. The van der Waals surface area contributed by atoms with Crippen LogP contribution in [0.1, 0.15) is 5.56 Å². The molecular weight excluding hydrogens is 485 g/mol. The maximum atomic E-state index is 13.2. The fourth-order valence-corrected chi connectivity index (χ4v) is 3.61. The van der Waals surface area contributed by atoms with E-state index in [0.717, 1.165) is 4.47 Å². The molecule has 0 aliphatic rings. The van der Waals surface area contributed by atoms with E-state index in [-0.39, 0.29) is 27.8 Å². The number of rotatable bonds is 2. The van der Waals surface area contributed by atoms with Crippen LogP contribution >= 0.6 is 31.9 Å². The van der Waals surface area contributed by atoms with Crippen molar-refractivity contribution >= 4 is 53.7 Å². The van der Waals surface area contributed by atoms with Crippen molar-refractivity contribution in [3.05, 3.63) is 83.6 Å². The number of hydrogen-bond acceptors (Lipinski definition) is 4. The quantitative estimate of drug-likeness (QED) is 0.416. The van der Waals surface area contributed by atoms with Crippen LogP contribution < -0.4 is 11.2 Å². The topological polar surface area (TPSA) is 72.4 Å². The van der Waals surface area contributed by atoms with Gasteiger partial charge in [-0.05, 0) is 51.8 Å². The van der Waals surface area contributed by atoms with Crippen molar-refractivity contribution in [2.24, 2.45) is 0 Å². The van der Waals surface area contributed by atoms with Crippen LogP contribution in [0.25, 0.3) is 21.9 Å². The second-order valence-electron chi connectivity index (χ2n) is 5.94. The minimum Gasteiger partial charge on any atom is -0.506 e. The lowest BCUT2D eigenvalue weighted by molar-refractivity contribution is 0.462. The summed E-state index contributed by atoms with van der Waals surface area (Å²) in [5, 5.41) is 10.8. The van der Waals surface area contributed by atoms with Crippen molar-refractivity contribution in [3.8, 4) is 5.75 Å². The van der Waals surface area contributed by atoms with E-state index in [4.69, 9.17) is 4.42 Å². The van der Waals surface area contributed by atoms with Gasteiger partial charge in [-0.3, -0.25) is 4.79 Å². The van der Waals surface area contributed by atoms with Crippen molar-refractivity contribution in [1.82, 2.24) is 4.57 Å². The fourth-order valence-electron chi connectivity index (χ4n) is 2.98. The Morgan fingerprint density at radius 3 is 2.48 bits per heavy atom. The molecule has 0 unspecified atom stereocenters. The van der Waals surface area contributed by atoms with Gasteiger partial charge in [-0.2, -0.15) is 0 Å². The number of aromatic hydroxyl groups is 1. The molecule has 0 atom stereocenters. The Balaban J connectivity index is 2.14. The van der Waals surface area contributed by atoms with Crippen molar-refractivity contribution < 1.29 is 13.9 Å². The molecule has 2 aromatic heterocycles. The van der Waals surface area contributed by atoms with Gasteiger partial charge in [-0.25, -0.2) is 9.18 Å². The van der Waals surface area contributed by atoms with Gasteiger partial charge in [-0.15, -0.1) is 0 Å². The van der Waals surface area contributed by atoms with Crippen molar-refractivity contribution in [3.63, 3.8) is 0 Å². The summed E-state index contributed by atoms with van der Waals surface area (Å²) in [5.41, 5.74) is -0.0727. The van der Waals surface area contributed by atoms with Crippen molar-refractivity contribution in [2.45, 2.75) is 6.54 Å². The Bertz CT molecular complexity index is 1330. The van der Waals surface area contributed by atoms with E-state index in [1.165, 1.54) is 16.7 Å². The molecule has 27 heavy (non-hydrogen) atoms. The van der Waals surface area contributed by atoms with E-state index >= 15 is 0 Å². The predicted molar refractivity (Wildman–Crippen MR) is 107 cm³/mol. The van der Waals surface area contributed by atoms with Gasteiger partial charge in [0.25, 0.3) is 5.56 Å². The molecule has 5 nitrogen and oxygen atoms in total. The standard InChI is InChI=1S/C19H10Br2FNO4/c20-10-3-6-12-13(7-10)23(8-9-1-4-11(22)5-2-9)18(25)14-16(24)15(21)19(26)27-17(12)14/h1-7,24H,8H2. The Labute approximate surface area is 167 Å². The molecule has 2 aromatic carbocycles. The number of nitrogens with zero attached hydrogens (tertiary/aromatic N) is 1. The zero-order valence-corrected chi connectivity index (χ0v) is 16.7. The highest BCUT2D eigenvalue weighted by Crippen LogP contribution is 2.32. The number of fused-ring (bicyclic) bond motifs is 3. The summed E-state index contributed by atoms with van der Waals surface area (Å²) in [6.45, 7) is 0.151. The molecule has 136 valence electrons. The molecule has 8 heteroatoms. The molecule has 4 rings (SSSR count). The summed E-state index contributed by atoms with van der Waals surface area (Å²) in [6.07, 6.45) is 0. The summed E-state index contributed by atoms with van der Waals surface area (Å²) in [5.74, 6) is -0.843. The Kier molecular flexibility index (Phi) is 4.39. The zero-order valence-electron chi connectivity index (χ0n) is 13.5. The second-order valence-corrected chi connectivity index (χ2v) is 7.64. The summed E-state index contributed by atoms with van der Waals surface area (Å²) < 4.78 is 20.4. The third-order valence-corrected chi connectivity index (χ3v) is 5.45. The average molecular weight is 495 g/mol. The fraction of sp³-hybridized carbons (Fsp3) is 0.0526. The van der Waals surface area contributed by atoms with Crippen LogP contribution in [0.2, 0.25) is 0 Å². The van der Waals surface area contributed by atoms with Crippen molar-refractivity contribution in [2.75, 3.05) is 0 Å². The Hall–Kier alpha value is -2.45. The molecule has 0 radical (unpaired) electrons. The van der Waals surface area contributed by atoms with E-state index in [9.17, 15) is 19.1 Å². The largest absolute Gasteiger partial charge is 0.506 e. The molecule has 0 aliphatic carbocycles. The predicted octanol–water partition coefficient (Wildman–Crippen LogP) is 4.53. The van der Waals surface area contributed by atoms with Crippen molar-refractivity contribution in [1.29, 1.82) is 0 Å². The number of hydrogen-bond donors (Lipinski definition) is 1. The van der Waals surface area contributed by atoms with Gasteiger partial charge in [-0.1, -0.05) is 28.1 Å². The van der Waals surface area contributed by atoms with Crippen LogP contribution in [0.3, 0.4) is 0 Å². The number of aromatic nitrogens is 1. The molecule has 2 heterocycles. The molecule has 1 N–H and O–H groups in total. The SMILES string of the molecule is O=c1oc2c(c(O)c1Br)c(=O)n(Cc1ccc(F)cc1)c1cc(Br)ccc21. The molecule has 0 saturated heterocycles. The van der Waals surface area contributed by atoms with Crippen LogP contribution in [-0.4, -0.2) is 9.67 Å². The van der Waals surface area contributed by atoms with E-state index in [2.05, 4.69) is 31.9 Å². The summed E-state index contributed by atoms with van der Waals surface area (Å²) in [4.78, 5) is 25.1.